The normalized spacial score (nSPS) is 26.4. The zero-order chi connectivity index (χ0) is 19.1. The van der Waals surface area contributed by atoms with Gasteiger partial charge in [0.1, 0.15) is 5.60 Å². The Labute approximate surface area is 166 Å². The van der Waals surface area contributed by atoms with Crippen LogP contribution >= 0.6 is 0 Å². The van der Waals surface area contributed by atoms with Gasteiger partial charge in [-0.25, -0.2) is 0 Å². The Morgan fingerprint density at radius 3 is 2.89 bits per heavy atom. The molecule has 6 nitrogen and oxygen atoms in total. The topological polar surface area (TPSA) is 48.8 Å². The molecule has 3 aliphatic rings. The van der Waals surface area contributed by atoms with E-state index in [0.717, 1.165) is 62.6 Å². The van der Waals surface area contributed by atoms with Crippen LogP contribution in [0.3, 0.4) is 0 Å². The first-order valence-corrected chi connectivity index (χ1v) is 10.4. The molecule has 28 heavy (non-hydrogen) atoms. The van der Waals surface area contributed by atoms with Crippen LogP contribution < -0.4 is 9.47 Å². The number of aromatic nitrogens is 2. The molecule has 150 valence electrons. The minimum atomic E-state index is -0.155. The zero-order valence-electron chi connectivity index (χ0n) is 16.8. The highest BCUT2D eigenvalue weighted by Crippen LogP contribution is 2.55. The Kier molecular flexibility index (Phi) is 4.56. The van der Waals surface area contributed by atoms with E-state index in [0.29, 0.717) is 5.92 Å². The lowest BCUT2D eigenvalue weighted by Gasteiger charge is -2.53. The summed E-state index contributed by atoms with van der Waals surface area (Å²) in [7, 11) is 3.69. The first-order chi connectivity index (χ1) is 13.7. The minimum Gasteiger partial charge on any atom is -0.493 e. The number of para-hydroxylation sites is 1. The van der Waals surface area contributed by atoms with Gasteiger partial charge in [0.15, 0.2) is 11.5 Å². The fraction of sp³-hybridized carbons (Fsp3) is 0.591. The monoisotopic (exact) mass is 383 g/mol. The van der Waals surface area contributed by atoms with E-state index in [-0.39, 0.29) is 11.7 Å². The number of hydrogen-bond acceptors (Lipinski definition) is 5. The smallest absolute Gasteiger partial charge is 0.167 e. The largest absolute Gasteiger partial charge is 0.493 e. The lowest BCUT2D eigenvalue weighted by atomic mass is 9.70. The van der Waals surface area contributed by atoms with Crippen LogP contribution in [0.2, 0.25) is 0 Å². The Morgan fingerprint density at radius 2 is 2.14 bits per heavy atom. The van der Waals surface area contributed by atoms with Crippen molar-refractivity contribution in [2.45, 2.75) is 43.9 Å². The summed E-state index contributed by atoms with van der Waals surface area (Å²) in [6.07, 6.45) is 8.53. The van der Waals surface area contributed by atoms with E-state index in [1.807, 2.05) is 30.1 Å². The molecule has 2 aromatic rings. The van der Waals surface area contributed by atoms with Crippen LogP contribution in [-0.2, 0) is 18.3 Å². The predicted molar refractivity (Wildman–Crippen MR) is 105 cm³/mol. The van der Waals surface area contributed by atoms with Crippen molar-refractivity contribution in [3.63, 3.8) is 0 Å². The number of methoxy groups -OCH3 is 1. The van der Waals surface area contributed by atoms with Gasteiger partial charge >= 0.3 is 0 Å². The number of nitrogens with zero attached hydrogens (tertiary/aromatic N) is 3. The van der Waals surface area contributed by atoms with E-state index in [1.54, 1.807) is 7.11 Å². The maximum atomic E-state index is 6.81. The number of fused-ring (bicyclic) bond motifs is 4. The van der Waals surface area contributed by atoms with Crippen LogP contribution in [-0.4, -0.2) is 47.1 Å². The Bertz CT molecular complexity index is 841. The highest BCUT2D eigenvalue weighted by atomic mass is 16.5. The summed E-state index contributed by atoms with van der Waals surface area (Å²) in [6, 6.07) is 6.18. The summed E-state index contributed by atoms with van der Waals surface area (Å²) < 4.78 is 20.6. The molecule has 0 N–H and O–H groups in total. The molecule has 0 unspecified atom stereocenters. The summed E-state index contributed by atoms with van der Waals surface area (Å²) in [5.41, 5.74) is 2.28. The minimum absolute atomic E-state index is 0.123. The number of aryl methyl sites for hydroxylation is 1. The maximum absolute atomic E-state index is 6.81. The quantitative estimate of drug-likeness (QED) is 0.814. The second-order valence-corrected chi connectivity index (χ2v) is 8.38. The Morgan fingerprint density at radius 1 is 1.29 bits per heavy atom. The highest BCUT2D eigenvalue weighted by molar-refractivity contribution is 5.50. The molecule has 0 amide bonds. The number of rotatable bonds is 3. The summed E-state index contributed by atoms with van der Waals surface area (Å²) in [5.74, 6) is 2.14. The molecule has 1 spiro atoms. The second kappa shape index (κ2) is 7.08. The molecule has 1 aromatic carbocycles. The molecule has 2 saturated heterocycles. The summed E-state index contributed by atoms with van der Waals surface area (Å²) in [5, 5.41) is 4.30. The Balaban J connectivity index is 1.40. The number of likely N-dealkylation sites (tertiary alicyclic amines) is 1. The predicted octanol–water partition coefficient (Wildman–Crippen LogP) is 3.32. The highest BCUT2D eigenvalue weighted by Gasteiger charge is 2.53. The van der Waals surface area contributed by atoms with Gasteiger partial charge in [-0.3, -0.25) is 9.58 Å². The standard InChI is InChI=1S/C22H29N3O3/c1-24-14-16(13-23-24)15-25-10-8-22(9-11-25)18-6-4-12-27-20(18)17-5-3-7-19(26-2)21(17)28-22/h3,5,7,13-14,18,20H,4,6,8-12,15H2,1-2H3/t18-,20+/m0/s1. The van der Waals surface area contributed by atoms with Crippen molar-refractivity contribution >= 4 is 0 Å². The molecule has 4 heterocycles. The van der Waals surface area contributed by atoms with E-state index in [4.69, 9.17) is 14.2 Å². The SMILES string of the molecule is COc1cccc2c1OC1(CCN(Cc3cnn(C)c3)CC1)[C@H]1CCCO[C@H]21. The molecule has 0 bridgehead atoms. The number of hydrogen-bond donors (Lipinski definition) is 0. The third kappa shape index (κ3) is 2.99. The van der Waals surface area contributed by atoms with Gasteiger partial charge in [0.05, 0.1) is 19.4 Å². The van der Waals surface area contributed by atoms with Gasteiger partial charge in [0.2, 0.25) is 0 Å². The fourth-order valence-electron chi connectivity index (χ4n) is 5.31. The van der Waals surface area contributed by atoms with Crippen LogP contribution in [0.4, 0.5) is 0 Å². The summed E-state index contributed by atoms with van der Waals surface area (Å²) in [4.78, 5) is 2.52. The van der Waals surface area contributed by atoms with Crippen LogP contribution in [0.1, 0.15) is 42.9 Å². The molecule has 2 atom stereocenters. The molecule has 0 aliphatic carbocycles. The van der Waals surface area contributed by atoms with E-state index in [9.17, 15) is 0 Å². The number of piperidine rings is 1. The molecule has 0 radical (unpaired) electrons. The van der Waals surface area contributed by atoms with Crippen LogP contribution in [0.25, 0.3) is 0 Å². The van der Waals surface area contributed by atoms with E-state index < -0.39 is 0 Å². The van der Waals surface area contributed by atoms with Gasteiger partial charge in [0.25, 0.3) is 0 Å². The van der Waals surface area contributed by atoms with E-state index in [2.05, 4.69) is 22.3 Å². The van der Waals surface area contributed by atoms with Gasteiger partial charge in [-0.2, -0.15) is 5.10 Å². The first kappa shape index (κ1) is 18.0. The Hall–Kier alpha value is -2.05. The van der Waals surface area contributed by atoms with Gasteiger partial charge in [-0.15, -0.1) is 0 Å². The van der Waals surface area contributed by atoms with Crippen molar-refractivity contribution in [3.8, 4) is 11.5 Å². The van der Waals surface area contributed by atoms with Crippen molar-refractivity contribution in [2.75, 3.05) is 26.8 Å². The van der Waals surface area contributed by atoms with Crippen LogP contribution in [0, 0.1) is 5.92 Å². The fourth-order valence-corrected chi connectivity index (χ4v) is 5.31. The van der Waals surface area contributed by atoms with Crippen LogP contribution in [0.5, 0.6) is 11.5 Å². The lowest BCUT2D eigenvalue weighted by Crippen LogP contribution is -2.57. The third-order valence-corrected chi connectivity index (χ3v) is 6.71. The molecule has 0 saturated carbocycles. The van der Waals surface area contributed by atoms with E-state index >= 15 is 0 Å². The molecule has 1 aromatic heterocycles. The third-order valence-electron chi connectivity index (χ3n) is 6.71. The van der Waals surface area contributed by atoms with Crippen molar-refractivity contribution in [1.29, 1.82) is 0 Å². The maximum Gasteiger partial charge on any atom is 0.167 e. The van der Waals surface area contributed by atoms with E-state index in [1.165, 1.54) is 12.0 Å². The summed E-state index contributed by atoms with van der Waals surface area (Å²) in [6.45, 7) is 3.85. The zero-order valence-corrected chi connectivity index (χ0v) is 16.8. The van der Waals surface area contributed by atoms with Gasteiger partial charge in [0, 0.05) is 69.4 Å². The van der Waals surface area contributed by atoms with Crippen molar-refractivity contribution in [1.82, 2.24) is 14.7 Å². The first-order valence-electron chi connectivity index (χ1n) is 10.4. The molecule has 6 heteroatoms. The summed E-state index contributed by atoms with van der Waals surface area (Å²) >= 11 is 0. The van der Waals surface area contributed by atoms with Crippen molar-refractivity contribution in [2.24, 2.45) is 13.0 Å². The van der Waals surface area contributed by atoms with Gasteiger partial charge in [-0.05, 0) is 18.9 Å². The molecular formula is C22H29N3O3. The van der Waals surface area contributed by atoms with Gasteiger partial charge < -0.3 is 14.2 Å². The van der Waals surface area contributed by atoms with Gasteiger partial charge in [-0.1, -0.05) is 12.1 Å². The number of benzene rings is 1. The van der Waals surface area contributed by atoms with Crippen LogP contribution in [0.15, 0.2) is 30.6 Å². The molecular weight excluding hydrogens is 354 g/mol. The van der Waals surface area contributed by atoms with Crippen molar-refractivity contribution < 1.29 is 14.2 Å². The molecule has 3 aliphatic heterocycles. The molecule has 5 rings (SSSR count). The number of ether oxygens (including phenoxy) is 3. The lowest BCUT2D eigenvalue weighted by molar-refractivity contribution is -0.150. The average Bonchev–Trinajstić information content (AvgIpc) is 3.14. The average molecular weight is 383 g/mol. The second-order valence-electron chi connectivity index (χ2n) is 8.38. The molecule has 2 fully saturated rings. The van der Waals surface area contributed by atoms with Crippen molar-refractivity contribution in [3.05, 3.63) is 41.7 Å².